The molecule has 2 rings (SSSR count). The van der Waals surface area contributed by atoms with E-state index in [4.69, 9.17) is 14.9 Å². The summed E-state index contributed by atoms with van der Waals surface area (Å²) in [6.07, 6.45) is -4.48. The van der Waals surface area contributed by atoms with Gasteiger partial charge >= 0.3 is 6.18 Å². The van der Waals surface area contributed by atoms with Gasteiger partial charge in [0.15, 0.2) is 0 Å². The number of rotatable bonds is 7. The number of carbonyl (C=O) groups excluding carboxylic acids is 1. The Hall–Kier alpha value is -2.52. The maximum Gasteiger partial charge on any atom is 0.419 e. The molecule has 0 bridgehead atoms. The maximum absolute atomic E-state index is 12.9. The zero-order valence-corrected chi connectivity index (χ0v) is 14.0. The third-order valence-electron chi connectivity index (χ3n) is 3.56. The molecule has 6 nitrogen and oxygen atoms in total. The zero-order valence-electron chi connectivity index (χ0n) is 14.0. The number of likely N-dealkylation sites (N-methyl/N-ethyl adjacent to an activating group) is 1. The molecular formula is C17H19F3N2O4. The number of carbonyl (C=O) groups is 1. The van der Waals surface area contributed by atoms with Crippen molar-refractivity contribution in [2.24, 2.45) is 5.73 Å². The van der Waals surface area contributed by atoms with Crippen LogP contribution in [0.4, 0.5) is 13.2 Å². The van der Waals surface area contributed by atoms with Crippen LogP contribution in [0.2, 0.25) is 0 Å². The van der Waals surface area contributed by atoms with Crippen molar-refractivity contribution in [3.63, 3.8) is 0 Å². The topological polar surface area (TPSA) is 88.9 Å². The highest BCUT2D eigenvalue weighted by Gasteiger charge is 2.34. The molecule has 9 heteroatoms. The lowest BCUT2D eigenvalue weighted by Gasteiger charge is -2.21. The van der Waals surface area contributed by atoms with Crippen molar-refractivity contribution in [3.8, 4) is 5.75 Å². The molecule has 0 aliphatic carbocycles. The Bertz CT molecular complexity index is 746. The smallest absolute Gasteiger partial charge is 0.419 e. The molecule has 0 saturated carbocycles. The van der Waals surface area contributed by atoms with Crippen LogP contribution in [0, 0.1) is 0 Å². The van der Waals surface area contributed by atoms with Gasteiger partial charge in [-0.2, -0.15) is 13.2 Å². The minimum atomic E-state index is -4.56. The van der Waals surface area contributed by atoms with Gasteiger partial charge < -0.3 is 24.9 Å². The van der Waals surface area contributed by atoms with Gasteiger partial charge in [-0.25, -0.2) is 0 Å². The molecule has 1 amide bonds. The van der Waals surface area contributed by atoms with Gasteiger partial charge in [0.05, 0.1) is 17.7 Å². The molecule has 3 N–H and O–H groups in total. The van der Waals surface area contributed by atoms with E-state index in [0.717, 1.165) is 6.07 Å². The molecule has 0 aliphatic rings. The fraction of sp³-hybridized carbons (Fsp3) is 0.353. The van der Waals surface area contributed by atoms with Gasteiger partial charge in [-0.05, 0) is 18.2 Å². The van der Waals surface area contributed by atoms with Crippen molar-refractivity contribution in [3.05, 3.63) is 53.5 Å². The van der Waals surface area contributed by atoms with Crippen molar-refractivity contribution in [2.75, 3.05) is 20.2 Å². The van der Waals surface area contributed by atoms with Gasteiger partial charge in [0.2, 0.25) is 0 Å². The standard InChI is InChI=1S/C17H19F3N2O4/c1-22(16(24)11-6-13(7-21)25-9-11)8-12(23)10-26-15-5-3-2-4-14(15)17(18,19)20/h2-6,9,12,23H,7-8,10,21H2,1H3. The van der Waals surface area contributed by atoms with Gasteiger partial charge in [-0.1, -0.05) is 12.1 Å². The Morgan fingerprint density at radius 2 is 2.08 bits per heavy atom. The van der Waals surface area contributed by atoms with Crippen LogP contribution in [-0.4, -0.2) is 42.2 Å². The van der Waals surface area contributed by atoms with Crippen LogP contribution >= 0.6 is 0 Å². The SMILES string of the molecule is CN(CC(O)COc1ccccc1C(F)(F)F)C(=O)c1coc(CN)c1. The fourth-order valence-electron chi connectivity index (χ4n) is 2.28. The monoisotopic (exact) mass is 372 g/mol. The zero-order chi connectivity index (χ0) is 19.3. The van der Waals surface area contributed by atoms with E-state index in [1.54, 1.807) is 0 Å². The Balaban J connectivity index is 1.93. The van der Waals surface area contributed by atoms with E-state index in [1.165, 1.54) is 42.5 Å². The predicted molar refractivity (Wildman–Crippen MR) is 86.5 cm³/mol. The van der Waals surface area contributed by atoms with Gasteiger partial charge in [0.1, 0.15) is 30.5 Å². The molecule has 0 saturated heterocycles. The summed E-state index contributed by atoms with van der Waals surface area (Å²) in [5.74, 6) is -0.354. The van der Waals surface area contributed by atoms with E-state index in [-0.39, 0.29) is 24.4 Å². The lowest BCUT2D eigenvalue weighted by molar-refractivity contribution is -0.139. The first kappa shape index (κ1) is 19.8. The first-order valence-corrected chi connectivity index (χ1v) is 7.72. The second-order valence-corrected chi connectivity index (χ2v) is 5.65. The summed E-state index contributed by atoms with van der Waals surface area (Å²) in [7, 11) is 1.45. The molecule has 2 aromatic rings. The molecule has 1 aromatic carbocycles. The van der Waals surface area contributed by atoms with Gasteiger partial charge in [0.25, 0.3) is 5.91 Å². The summed E-state index contributed by atoms with van der Waals surface area (Å²) in [5.41, 5.74) is 4.74. The average molecular weight is 372 g/mol. The second kappa shape index (κ2) is 8.24. The van der Waals surface area contributed by atoms with Crippen molar-refractivity contribution in [1.82, 2.24) is 4.90 Å². The van der Waals surface area contributed by atoms with Crippen LogP contribution in [0.5, 0.6) is 5.75 Å². The van der Waals surface area contributed by atoms with Crippen molar-refractivity contribution >= 4 is 5.91 Å². The molecule has 0 radical (unpaired) electrons. The number of halogens is 3. The third-order valence-corrected chi connectivity index (χ3v) is 3.56. The average Bonchev–Trinajstić information content (AvgIpc) is 3.07. The Kier molecular flexibility index (Phi) is 6.27. The summed E-state index contributed by atoms with van der Waals surface area (Å²) in [6.45, 7) is -0.383. The van der Waals surface area contributed by atoms with Crippen molar-refractivity contribution < 1.29 is 32.2 Å². The summed E-state index contributed by atoms with van der Waals surface area (Å²) >= 11 is 0. The number of benzene rings is 1. The second-order valence-electron chi connectivity index (χ2n) is 5.65. The summed E-state index contributed by atoms with van der Waals surface area (Å²) in [5, 5.41) is 9.98. The van der Waals surface area contributed by atoms with E-state index in [1.807, 2.05) is 0 Å². The lowest BCUT2D eigenvalue weighted by atomic mass is 10.2. The number of furan rings is 1. The van der Waals surface area contributed by atoms with Crippen LogP contribution in [0.25, 0.3) is 0 Å². The maximum atomic E-state index is 12.9. The molecule has 0 fully saturated rings. The Morgan fingerprint density at radius 3 is 2.69 bits per heavy atom. The number of nitrogens with zero attached hydrogens (tertiary/aromatic N) is 1. The molecule has 26 heavy (non-hydrogen) atoms. The van der Waals surface area contributed by atoms with E-state index >= 15 is 0 Å². The van der Waals surface area contributed by atoms with E-state index in [2.05, 4.69) is 0 Å². The Labute approximate surface area is 148 Å². The minimum absolute atomic E-state index is 0.129. The highest BCUT2D eigenvalue weighted by atomic mass is 19.4. The Morgan fingerprint density at radius 1 is 1.38 bits per heavy atom. The van der Waals surface area contributed by atoms with Crippen LogP contribution < -0.4 is 10.5 Å². The minimum Gasteiger partial charge on any atom is -0.490 e. The first-order chi connectivity index (χ1) is 12.2. The van der Waals surface area contributed by atoms with Crippen molar-refractivity contribution in [2.45, 2.75) is 18.8 Å². The number of ether oxygens (including phenoxy) is 1. The summed E-state index contributed by atoms with van der Waals surface area (Å²) in [4.78, 5) is 13.4. The van der Waals surface area contributed by atoms with Crippen LogP contribution in [0.3, 0.4) is 0 Å². The quantitative estimate of drug-likeness (QED) is 0.778. The normalized spacial score (nSPS) is 12.7. The largest absolute Gasteiger partial charge is 0.490 e. The number of aliphatic hydroxyl groups excluding tert-OH is 1. The molecule has 142 valence electrons. The molecule has 1 atom stereocenters. The molecule has 1 unspecified atom stereocenters. The van der Waals surface area contributed by atoms with Gasteiger partial charge in [0, 0.05) is 13.6 Å². The highest BCUT2D eigenvalue weighted by Crippen LogP contribution is 2.35. The fourth-order valence-corrected chi connectivity index (χ4v) is 2.28. The molecular weight excluding hydrogens is 353 g/mol. The number of aliphatic hydroxyl groups is 1. The van der Waals surface area contributed by atoms with Gasteiger partial charge in [-0.3, -0.25) is 4.79 Å². The summed E-state index contributed by atoms with van der Waals surface area (Å²) in [6, 6.07) is 6.20. The third kappa shape index (κ3) is 4.99. The van der Waals surface area contributed by atoms with Gasteiger partial charge in [-0.15, -0.1) is 0 Å². The lowest BCUT2D eigenvalue weighted by Crippen LogP contribution is -2.37. The predicted octanol–water partition coefficient (Wildman–Crippen LogP) is 2.27. The number of para-hydroxylation sites is 1. The van der Waals surface area contributed by atoms with Crippen molar-refractivity contribution in [1.29, 1.82) is 0 Å². The first-order valence-electron chi connectivity index (χ1n) is 7.72. The molecule has 0 aliphatic heterocycles. The molecule has 1 heterocycles. The molecule has 0 spiro atoms. The highest BCUT2D eigenvalue weighted by molar-refractivity contribution is 5.93. The number of hydrogen-bond donors (Lipinski definition) is 2. The van der Waals surface area contributed by atoms with E-state index in [9.17, 15) is 23.1 Å². The molecule has 1 aromatic heterocycles. The summed E-state index contributed by atoms with van der Waals surface area (Å²) < 4.78 is 48.8. The van der Waals surface area contributed by atoms with Crippen LogP contribution in [0.1, 0.15) is 21.7 Å². The van der Waals surface area contributed by atoms with Crippen LogP contribution in [0.15, 0.2) is 41.0 Å². The number of nitrogens with two attached hydrogens (primary N) is 1. The number of alkyl halides is 3. The number of hydrogen-bond acceptors (Lipinski definition) is 5. The van der Waals surface area contributed by atoms with E-state index in [0.29, 0.717) is 5.76 Å². The van der Waals surface area contributed by atoms with Crippen LogP contribution in [-0.2, 0) is 12.7 Å². The number of amides is 1. The van der Waals surface area contributed by atoms with E-state index < -0.39 is 30.4 Å².